The molecule has 2 N–H and O–H groups in total. The van der Waals surface area contributed by atoms with Gasteiger partial charge in [-0.05, 0) is 37.2 Å². The SMILES string of the molecule is COc1cccnc1NC(=S)NC[C@H]1CCCO1. The molecule has 98 valence electrons. The average Bonchev–Trinajstić information content (AvgIpc) is 2.90. The van der Waals surface area contributed by atoms with Gasteiger partial charge in [0.2, 0.25) is 0 Å². The molecule has 1 saturated heterocycles. The number of hydrogen-bond donors (Lipinski definition) is 2. The third kappa shape index (κ3) is 3.54. The number of ether oxygens (including phenoxy) is 2. The molecule has 18 heavy (non-hydrogen) atoms. The lowest BCUT2D eigenvalue weighted by molar-refractivity contribution is 0.114. The molecule has 1 aromatic rings. The molecule has 0 aliphatic carbocycles. The number of methoxy groups -OCH3 is 1. The van der Waals surface area contributed by atoms with Crippen molar-refractivity contribution >= 4 is 23.1 Å². The van der Waals surface area contributed by atoms with Gasteiger partial charge >= 0.3 is 0 Å². The maximum Gasteiger partial charge on any atom is 0.174 e. The Bertz CT molecular complexity index is 408. The summed E-state index contributed by atoms with van der Waals surface area (Å²) in [5.41, 5.74) is 0. The monoisotopic (exact) mass is 267 g/mol. The van der Waals surface area contributed by atoms with Crippen LogP contribution < -0.4 is 15.4 Å². The first-order chi connectivity index (χ1) is 8.79. The van der Waals surface area contributed by atoms with Crippen molar-refractivity contribution in [2.75, 3.05) is 25.6 Å². The first-order valence-corrected chi connectivity index (χ1v) is 6.36. The Morgan fingerprint density at radius 2 is 2.56 bits per heavy atom. The molecule has 1 fully saturated rings. The van der Waals surface area contributed by atoms with E-state index in [-0.39, 0.29) is 6.10 Å². The lowest BCUT2D eigenvalue weighted by Gasteiger charge is -2.14. The predicted molar refractivity (Wildman–Crippen MR) is 74.0 cm³/mol. The number of thiocarbonyl (C=S) groups is 1. The maximum absolute atomic E-state index is 5.51. The number of pyridine rings is 1. The molecule has 1 aliphatic rings. The number of nitrogens with one attached hydrogen (secondary N) is 2. The van der Waals surface area contributed by atoms with Gasteiger partial charge in [0.05, 0.1) is 13.2 Å². The second-order valence-corrected chi connectivity index (χ2v) is 4.43. The van der Waals surface area contributed by atoms with Crippen LogP contribution in [0, 0.1) is 0 Å². The fourth-order valence-corrected chi connectivity index (χ4v) is 1.99. The molecule has 2 heterocycles. The Kier molecular flexibility index (Phi) is 4.72. The van der Waals surface area contributed by atoms with Gasteiger partial charge in [-0.15, -0.1) is 0 Å². The van der Waals surface area contributed by atoms with Crippen molar-refractivity contribution in [1.29, 1.82) is 0 Å². The van der Waals surface area contributed by atoms with Crippen molar-refractivity contribution in [2.45, 2.75) is 18.9 Å². The van der Waals surface area contributed by atoms with E-state index in [1.807, 2.05) is 12.1 Å². The van der Waals surface area contributed by atoms with E-state index in [1.165, 1.54) is 0 Å². The van der Waals surface area contributed by atoms with Crippen LogP contribution in [-0.4, -0.2) is 36.5 Å². The lowest BCUT2D eigenvalue weighted by atomic mass is 10.2. The molecular formula is C12H17N3O2S. The van der Waals surface area contributed by atoms with E-state index in [1.54, 1.807) is 13.3 Å². The molecule has 0 amide bonds. The van der Waals surface area contributed by atoms with Crippen molar-refractivity contribution < 1.29 is 9.47 Å². The van der Waals surface area contributed by atoms with Crippen molar-refractivity contribution in [3.63, 3.8) is 0 Å². The molecule has 0 saturated carbocycles. The van der Waals surface area contributed by atoms with Gasteiger partial charge < -0.3 is 20.1 Å². The Labute approximate surface area is 112 Å². The number of nitrogens with zero attached hydrogens (tertiary/aromatic N) is 1. The summed E-state index contributed by atoms with van der Waals surface area (Å²) in [5, 5.41) is 6.67. The molecule has 1 atom stereocenters. The topological polar surface area (TPSA) is 55.4 Å². The fourth-order valence-electron chi connectivity index (χ4n) is 1.81. The first kappa shape index (κ1) is 13.0. The minimum absolute atomic E-state index is 0.260. The number of rotatable bonds is 4. The van der Waals surface area contributed by atoms with Crippen molar-refractivity contribution in [1.82, 2.24) is 10.3 Å². The first-order valence-electron chi connectivity index (χ1n) is 5.95. The third-order valence-electron chi connectivity index (χ3n) is 2.74. The highest BCUT2D eigenvalue weighted by Crippen LogP contribution is 2.19. The van der Waals surface area contributed by atoms with E-state index in [2.05, 4.69) is 15.6 Å². The molecule has 0 radical (unpaired) electrons. The summed E-state index contributed by atoms with van der Waals surface area (Å²) in [5.74, 6) is 1.28. The van der Waals surface area contributed by atoms with E-state index in [0.717, 1.165) is 26.0 Å². The molecule has 0 aromatic carbocycles. The van der Waals surface area contributed by atoms with Gasteiger partial charge in [-0.3, -0.25) is 0 Å². The van der Waals surface area contributed by atoms with Crippen LogP contribution in [0.4, 0.5) is 5.82 Å². The minimum atomic E-state index is 0.260. The highest BCUT2D eigenvalue weighted by atomic mass is 32.1. The Morgan fingerprint density at radius 3 is 3.28 bits per heavy atom. The van der Waals surface area contributed by atoms with Crippen molar-refractivity contribution in [3.05, 3.63) is 18.3 Å². The molecule has 5 nitrogen and oxygen atoms in total. The largest absolute Gasteiger partial charge is 0.493 e. The van der Waals surface area contributed by atoms with Gasteiger partial charge in [-0.25, -0.2) is 4.98 Å². The van der Waals surface area contributed by atoms with Gasteiger partial charge in [-0.2, -0.15) is 0 Å². The molecule has 1 aliphatic heterocycles. The van der Waals surface area contributed by atoms with E-state index >= 15 is 0 Å². The predicted octanol–water partition coefficient (Wildman–Crippen LogP) is 1.56. The summed E-state index contributed by atoms with van der Waals surface area (Å²) < 4.78 is 10.7. The molecule has 1 aromatic heterocycles. The molecule has 0 bridgehead atoms. The zero-order valence-electron chi connectivity index (χ0n) is 10.3. The van der Waals surface area contributed by atoms with Crippen LogP contribution in [0.15, 0.2) is 18.3 Å². The van der Waals surface area contributed by atoms with Gasteiger partial charge in [0.25, 0.3) is 0 Å². The summed E-state index contributed by atoms with van der Waals surface area (Å²) in [6, 6.07) is 3.64. The summed E-state index contributed by atoms with van der Waals surface area (Å²) in [4.78, 5) is 4.17. The Balaban J connectivity index is 1.82. The number of aromatic nitrogens is 1. The van der Waals surface area contributed by atoms with E-state index in [0.29, 0.717) is 16.7 Å². The van der Waals surface area contributed by atoms with Gasteiger partial charge in [0, 0.05) is 19.3 Å². The summed E-state index contributed by atoms with van der Waals surface area (Å²) >= 11 is 5.20. The van der Waals surface area contributed by atoms with E-state index in [9.17, 15) is 0 Å². The second-order valence-electron chi connectivity index (χ2n) is 4.02. The zero-order valence-corrected chi connectivity index (χ0v) is 11.1. The zero-order chi connectivity index (χ0) is 12.8. The van der Waals surface area contributed by atoms with Crippen molar-refractivity contribution in [3.8, 4) is 5.75 Å². The van der Waals surface area contributed by atoms with Gasteiger partial charge in [0.1, 0.15) is 0 Å². The van der Waals surface area contributed by atoms with Crippen LogP contribution in [-0.2, 0) is 4.74 Å². The molecule has 0 unspecified atom stereocenters. The van der Waals surface area contributed by atoms with Crippen LogP contribution in [0.5, 0.6) is 5.75 Å². The van der Waals surface area contributed by atoms with E-state index in [4.69, 9.17) is 21.7 Å². The number of hydrogen-bond acceptors (Lipinski definition) is 4. The highest BCUT2D eigenvalue weighted by molar-refractivity contribution is 7.80. The molecule has 0 spiro atoms. The number of anilines is 1. The highest BCUT2D eigenvalue weighted by Gasteiger charge is 2.15. The van der Waals surface area contributed by atoms with Crippen molar-refractivity contribution in [2.24, 2.45) is 0 Å². The minimum Gasteiger partial charge on any atom is -0.493 e. The molecule has 2 rings (SSSR count). The van der Waals surface area contributed by atoms with Crippen LogP contribution in [0.3, 0.4) is 0 Å². The molecule has 6 heteroatoms. The normalized spacial score (nSPS) is 18.4. The summed E-state index contributed by atoms with van der Waals surface area (Å²) in [7, 11) is 1.60. The van der Waals surface area contributed by atoms with Gasteiger partial charge in [0.15, 0.2) is 16.7 Å². The smallest absolute Gasteiger partial charge is 0.174 e. The lowest BCUT2D eigenvalue weighted by Crippen LogP contribution is -2.35. The summed E-state index contributed by atoms with van der Waals surface area (Å²) in [6.07, 6.45) is 4.16. The van der Waals surface area contributed by atoms with Crippen LogP contribution in [0.1, 0.15) is 12.8 Å². The standard InChI is InChI=1S/C12H17N3O2S/c1-16-10-5-2-6-13-11(10)15-12(18)14-8-9-4-3-7-17-9/h2,5-6,9H,3-4,7-8H2,1H3,(H2,13,14,15,18)/t9-/m1/s1. The van der Waals surface area contributed by atoms with E-state index < -0.39 is 0 Å². The summed E-state index contributed by atoms with van der Waals surface area (Å²) in [6.45, 7) is 1.57. The molecular weight excluding hydrogens is 250 g/mol. The van der Waals surface area contributed by atoms with Crippen LogP contribution >= 0.6 is 12.2 Å². The quantitative estimate of drug-likeness (QED) is 0.807. The van der Waals surface area contributed by atoms with Gasteiger partial charge in [-0.1, -0.05) is 0 Å². The Morgan fingerprint density at radius 1 is 1.67 bits per heavy atom. The van der Waals surface area contributed by atoms with Crippen LogP contribution in [0.25, 0.3) is 0 Å². The van der Waals surface area contributed by atoms with Crippen LogP contribution in [0.2, 0.25) is 0 Å². The second kappa shape index (κ2) is 6.51. The maximum atomic E-state index is 5.51. The average molecular weight is 267 g/mol. The Hall–Kier alpha value is -1.40. The third-order valence-corrected chi connectivity index (χ3v) is 2.98. The fraction of sp³-hybridized carbons (Fsp3) is 0.500.